The van der Waals surface area contributed by atoms with Gasteiger partial charge in [0.1, 0.15) is 11.6 Å². The summed E-state index contributed by atoms with van der Waals surface area (Å²) in [6, 6.07) is 6.73. The van der Waals surface area contributed by atoms with Gasteiger partial charge in [0.25, 0.3) is 5.91 Å². The van der Waals surface area contributed by atoms with E-state index in [4.69, 9.17) is 11.6 Å². The summed E-state index contributed by atoms with van der Waals surface area (Å²) in [4.78, 5) is 12.1. The number of rotatable bonds is 2. The molecule has 0 radical (unpaired) electrons. The number of benzene rings is 2. The number of hydrogen-bond donors (Lipinski definition) is 2. The number of halogens is 4. The van der Waals surface area contributed by atoms with Gasteiger partial charge in [-0.2, -0.15) is 0 Å². The third-order valence-electron chi connectivity index (χ3n) is 2.45. The summed E-state index contributed by atoms with van der Waals surface area (Å²) in [6.45, 7) is 0. The molecule has 0 unspecified atom stereocenters. The normalized spacial score (nSPS) is 10.4. The highest BCUT2D eigenvalue weighted by molar-refractivity contribution is 9.10. The fourth-order valence-corrected chi connectivity index (χ4v) is 2.79. The van der Waals surface area contributed by atoms with E-state index in [1.54, 1.807) is 6.07 Å². The molecule has 0 saturated carbocycles. The first-order chi connectivity index (χ1) is 9.38. The lowest BCUT2D eigenvalue weighted by Gasteiger charge is -2.11. The van der Waals surface area contributed by atoms with E-state index in [2.05, 4.69) is 37.2 Å². The summed E-state index contributed by atoms with van der Waals surface area (Å²) in [5.41, 5.74) is 0.309. The van der Waals surface area contributed by atoms with E-state index in [-0.39, 0.29) is 22.0 Å². The number of amides is 1. The summed E-state index contributed by atoms with van der Waals surface area (Å²) in [5.74, 6) is -1.25. The summed E-state index contributed by atoms with van der Waals surface area (Å²) < 4.78 is 14.1. The van der Waals surface area contributed by atoms with Gasteiger partial charge in [-0.1, -0.05) is 27.5 Å². The minimum absolute atomic E-state index is 0.0553. The molecule has 0 atom stereocenters. The van der Waals surface area contributed by atoms with Crippen molar-refractivity contribution in [3.8, 4) is 5.75 Å². The van der Waals surface area contributed by atoms with Crippen LogP contribution in [0.1, 0.15) is 10.4 Å². The Hall–Kier alpha value is -1.11. The Kier molecular flexibility index (Phi) is 4.67. The van der Waals surface area contributed by atoms with Crippen molar-refractivity contribution in [2.24, 2.45) is 0 Å². The number of nitrogens with one attached hydrogen (secondary N) is 1. The molecule has 1 amide bonds. The molecule has 0 aliphatic heterocycles. The molecule has 3 nitrogen and oxygen atoms in total. The van der Waals surface area contributed by atoms with Crippen molar-refractivity contribution >= 4 is 55.1 Å². The van der Waals surface area contributed by atoms with Crippen LogP contribution in [0.5, 0.6) is 5.75 Å². The maximum atomic E-state index is 13.1. The molecule has 0 bridgehead atoms. The molecule has 7 heteroatoms. The molecule has 2 N–H and O–H groups in total. The van der Waals surface area contributed by atoms with Crippen LogP contribution in [0.25, 0.3) is 0 Å². The van der Waals surface area contributed by atoms with Crippen molar-refractivity contribution in [1.82, 2.24) is 0 Å². The summed E-state index contributed by atoms with van der Waals surface area (Å²) in [6.07, 6.45) is 0. The highest BCUT2D eigenvalue weighted by atomic mass is 79.9. The zero-order chi connectivity index (χ0) is 14.9. The second kappa shape index (κ2) is 6.11. The predicted molar refractivity (Wildman–Crippen MR) is 82.9 cm³/mol. The van der Waals surface area contributed by atoms with Crippen molar-refractivity contribution in [2.75, 3.05) is 5.32 Å². The molecular weight excluding hydrogens is 416 g/mol. The minimum Gasteiger partial charge on any atom is -0.507 e. The maximum absolute atomic E-state index is 13.1. The van der Waals surface area contributed by atoms with Crippen LogP contribution in [-0.2, 0) is 0 Å². The van der Waals surface area contributed by atoms with E-state index in [1.165, 1.54) is 18.2 Å². The summed E-state index contributed by atoms with van der Waals surface area (Å²) in [7, 11) is 0. The first kappa shape index (κ1) is 15.3. The topological polar surface area (TPSA) is 49.3 Å². The third kappa shape index (κ3) is 3.31. The Morgan fingerprint density at radius 3 is 2.60 bits per heavy atom. The second-order valence-corrected chi connectivity index (χ2v) is 6.04. The average Bonchev–Trinajstić information content (AvgIpc) is 2.36. The molecule has 0 fully saturated rings. The number of anilines is 1. The standard InChI is InChI=1S/C13H7Br2ClFNO2/c14-6-1-2-11(19)8(3-6)13(20)18-12-9(15)4-7(17)5-10(12)16/h1-5,19H,(H,18,20). The minimum atomic E-state index is -0.557. The van der Waals surface area contributed by atoms with Crippen LogP contribution in [0.3, 0.4) is 0 Å². The second-order valence-electron chi connectivity index (χ2n) is 3.86. The molecule has 2 aromatic rings. The van der Waals surface area contributed by atoms with Crippen LogP contribution in [0.4, 0.5) is 10.1 Å². The van der Waals surface area contributed by atoms with E-state index in [1.807, 2.05) is 0 Å². The van der Waals surface area contributed by atoms with E-state index in [0.717, 1.165) is 6.07 Å². The van der Waals surface area contributed by atoms with E-state index in [0.29, 0.717) is 8.95 Å². The quantitative estimate of drug-likeness (QED) is 0.717. The van der Waals surface area contributed by atoms with Gasteiger partial charge in [-0.3, -0.25) is 4.79 Å². The number of aromatic hydroxyl groups is 1. The van der Waals surface area contributed by atoms with Crippen LogP contribution in [-0.4, -0.2) is 11.0 Å². The Balaban J connectivity index is 2.35. The molecule has 20 heavy (non-hydrogen) atoms. The number of carbonyl (C=O) groups excluding carboxylic acids is 1. The number of hydrogen-bond acceptors (Lipinski definition) is 2. The molecule has 0 heterocycles. The lowest BCUT2D eigenvalue weighted by Crippen LogP contribution is -2.13. The van der Waals surface area contributed by atoms with Gasteiger partial charge in [0.15, 0.2) is 0 Å². The SMILES string of the molecule is O=C(Nc1c(Cl)cc(F)cc1Br)c1cc(Br)ccc1O. The summed E-state index contributed by atoms with van der Waals surface area (Å²) >= 11 is 12.2. The maximum Gasteiger partial charge on any atom is 0.259 e. The number of carbonyl (C=O) groups is 1. The van der Waals surface area contributed by atoms with Crippen LogP contribution in [0.2, 0.25) is 5.02 Å². The van der Waals surface area contributed by atoms with Gasteiger partial charge < -0.3 is 10.4 Å². The molecule has 0 aromatic heterocycles. The summed E-state index contributed by atoms with van der Waals surface area (Å²) in [5, 5.41) is 12.3. The monoisotopic (exact) mass is 421 g/mol. The fraction of sp³-hybridized carbons (Fsp3) is 0. The molecule has 0 aliphatic carbocycles. The lowest BCUT2D eigenvalue weighted by molar-refractivity contribution is 0.102. The van der Waals surface area contributed by atoms with Crippen molar-refractivity contribution in [2.45, 2.75) is 0 Å². The molecule has 0 spiro atoms. The predicted octanol–water partition coefficient (Wildman–Crippen LogP) is 4.96. The molecule has 2 rings (SSSR count). The Labute approximate surface area is 136 Å². The first-order valence-electron chi connectivity index (χ1n) is 5.33. The lowest BCUT2D eigenvalue weighted by atomic mass is 10.2. The molecule has 2 aromatic carbocycles. The number of phenolic OH excluding ortho intramolecular Hbond substituents is 1. The van der Waals surface area contributed by atoms with Crippen molar-refractivity contribution in [3.05, 3.63) is 55.7 Å². The fourth-order valence-electron chi connectivity index (χ4n) is 1.53. The molecule has 0 saturated heterocycles. The van der Waals surface area contributed by atoms with Crippen LogP contribution in [0.15, 0.2) is 39.3 Å². The van der Waals surface area contributed by atoms with Gasteiger partial charge in [-0.15, -0.1) is 0 Å². The van der Waals surface area contributed by atoms with Crippen molar-refractivity contribution in [1.29, 1.82) is 0 Å². The Bertz CT molecular complexity index is 671. The van der Waals surface area contributed by atoms with Gasteiger partial charge in [0.05, 0.1) is 16.3 Å². The highest BCUT2D eigenvalue weighted by Crippen LogP contribution is 2.33. The largest absolute Gasteiger partial charge is 0.507 e. The van der Waals surface area contributed by atoms with E-state index < -0.39 is 11.7 Å². The van der Waals surface area contributed by atoms with Gasteiger partial charge in [-0.25, -0.2) is 4.39 Å². The first-order valence-corrected chi connectivity index (χ1v) is 7.29. The van der Waals surface area contributed by atoms with Gasteiger partial charge in [-0.05, 0) is 46.3 Å². The third-order valence-corrected chi connectivity index (χ3v) is 3.87. The highest BCUT2D eigenvalue weighted by Gasteiger charge is 2.16. The van der Waals surface area contributed by atoms with Crippen LogP contribution < -0.4 is 5.32 Å². The van der Waals surface area contributed by atoms with Crippen LogP contribution in [0, 0.1) is 5.82 Å². The van der Waals surface area contributed by atoms with Gasteiger partial charge in [0, 0.05) is 8.95 Å². The Morgan fingerprint density at radius 1 is 1.25 bits per heavy atom. The van der Waals surface area contributed by atoms with Crippen LogP contribution >= 0.6 is 43.5 Å². The zero-order valence-electron chi connectivity index (χ0n) is 9.75. The van der Waals surface area contributed by atoms with E-state index in [9.17, 15) is 14.3 Å². The molecule has 104 valence electrons. The zero-order valence-corrected chi connectivity index (χ0v) is 13.7. The van der Waals surface area contributed by atoms with Gasteiger partial charge in [0.2, 0.25) is 0 Å². The van der Waals surface area contributed by atoms with Crippen molar-refractivity contribution in [3.63, 3.8) is 0 Å². The van der Waals surface area contributed by atoms with Crippen molar-refractivity contribution < 1.29 is 14.3 Å². The van der Waals surface area contributed by atoms with Gasteiger partial charge >= 0.3 is 0 Å². The van der Waals surface area contributed by atoms with E-state index >= 15 is 0 Å². The molecule has 0 aliphatic rings. The molecular formula is C13H7Br2ClFNO2. The average molecular weight is 423 g/mol. The smallest absolute Gasteiger partial charge is 0.259 e. The Morgan fingerprint density at radius 2 is 1.95 bits per heavy atom. The number of phenols is 1.